The van der Waals surface area contributed by atoms with E-state index in [-0.39, 0.29) is 5.84 Å². The molecule has 0 aliphatic carbocycles. The number of likely N-dealkylation sites (N-methyl/N-ethyl adjacent to an activating group) is 1. The number of hydrogen-bond donors (Lipinski definition) is 2. The molecule has 18 heavy (non-hydrogen) atoms. The van der Waals surface area contributed by atoms with Crippen molar-refractivity contribution in [2.75, 3.05) is 31.6 Å². The summed E-state index contributed by atoms with van der Waals surface area (Å²) in [5.41, 5.74) is 7.07. The Morgan fingerprint density at radius 3 is 2.83 bits per heavy atom. The summed E-state index contributed by atoms with van der Waals surface area (Å²) in [4.78, 5) is 8.97. The van der Waals surface area contributed by atoms with Gasteiger partial charge in [-0.25, -0.2) is 0 Å². The first-order valence-electron chi connectivity index (χ1n) is 6.33. The number of amidine groups is 1. The Morgan fingerprint density at radius 1 is 1.44 bits per heavy atom. The van der Waals surface area contributed by atoms with Gasteiger partial charge in [-0.15, -0.1) is 0 Å². The van der Waals surface area contributed by atoms with Crippen molar-refractivity contribution < 1.29 is 0 Å². The van der Waals surface area contributed by atoms with Gasteiger partial charge in [-0.3, -0.25) is 10.4 Å². The first kappa shape index (κ1) is 12.8. The lowest BCUT2D eigenvalue weighted by Crippen LogP contribution is -2.38. The highest BCUT2D eigenvalue weighted by Crippen LogP contribution is 2.19. The van der Waals surface area contributed by atoms with Crippen molar-refractivity contribution in [2.24, 2.45) is 5.73 Å². The lowest BCUT2D eigenvalue weighted by Gasteiger charge is -2.29. The minimum atomic E-state index is 0.0187. The van der Waals surface area contributed by atoms with E-state index in [4.69, 9.17) is 11.1 Å². The fraction of sp³-hybridized carbons (Fsp3) is 0.538. The molecule has 0 amide bonds. The molecule has 1 aromatic heterocycles. The van der Waals surface area contributed by atoms with Crippen LogP contribution in [-0.4, -0.2) is 48.4 Å². The second kappa shape index (κ2) is 5.35. The van der Waals surface area contributed by atoms with E-state index in [1.165, 1.54) is 0 Å². The van der Waals surface area contributed by atoms with Gasteiger partial charge in [0.2, 0.25) is 0 Å². The molecule has 0 radical (unpaired) electrons. The Labute approximate surface area is 108 Å². The Balaban J connectivity index is 2.16. The van der Waals surface area contributed by atoms with Crippen LogP contribution in [0.15, 0.2) is 18.3 Å². The summed E-state index contributed by atoms with van der Waals surface area (Å²) in [6.07, 6.45) is 2.98. The highest BCUT2D eigenvalue weighted by atomic mass is 15.2. The van der Waals surface area contributed by atoms with Crippen molar-refractivity contribution >= 4 is 11.5 Å². The maximum absolute atomic E-state index is 7.35. The number of nitrogens with one attached hydrogen (secondary N) is 1. The molecule has 0 spiro atoms. The van der Waals surface area contributed by atoms with Crippen molar-refractivity contribution in [3.8, 4) is 0 Å². The van der Waals surface area contributed by atoms with Crippen LogP contribution < -0.4 is 10.6 Å². The molecule has 5 nitrogen and oxygen atoms in total. The van der Waals surface area contributed by atoms with Crippen LogP contribution in [0.1, 0.15) is 19.0 Å². The molecule has 0 bridgehead atoms. The lowest BCUT2D eigenvalue weighted by atomic mass is 10.2. The summed E-state index contributed by atoms with van der Waals surface area (Å²) in [7, 11) is 2.16. The van der Waals surface area contributed by atoms with Gasteiger partial charge in [-0.2, -0.15) is 0 Å². The molecule has 3 N–H and O–H groups in total. The van der Waals surface area contributed by atoms with E-state index >= 15 is 0 Å². The molecule has 0 aromatic carbocycles. The summed E-state index contributed by atoms with van der Waals surface area (Å²) in [6, 6.07) is 4.30. The fourth-order valence-electron chi connectivity index (χ4n) is 2.47. The summed E-state index contributed by atoms with van der Waals surface area (Å²) in [5.74, 6) is 0.0187. The maximum atomic E-state index is 7.35. The van der Waals surface area contributed by atoms with Crippen LogP contribution >= 0.6 is 0 Å². The van der Waals surface area contributed by atoms with Gasteiger partial charge in [0, 0.05) is 19.1 Å². The number of rotatable bonds is 2. The first-order valence-corrected chi connectivity index (χ1v) is 6.33. The van der Waals surface area contributed by atoms with Gasteiger partial charge in [0.1, 0.15) is 11.5 Å². The molecular weight excluding hydrogens is 226 g/mol. The third-order valence-electron chi connectivity index (χ3n) is 3.40. The van der Waals surface area contributed by atoms with E-state index in [0.717, 1.165) is 31.7 Å². The largest absolute Gasteiger partial charge is 0.382 e. The van der Waals surface area contributed by atoms with E-state index in [1.807, 2.05) is 18.3 Å². The summed E-state index contributed by atoms with van der Waals surface area (Å²) in [6.45, 7) is 5.49. The van der Waals surface area contributed by atoms with Gasteiger partial charge < -0.3 is 15.5 Å². The smallest absolute Gasteiger partial charge is 0.141 e. The average molecular weight is 247 g/mol. The van der Waals surface area contributed by atoms with Gasteiger partial charge in [0.05, 0.1) is 11.9 Å². The Kier molecular flexibility index (Phi) is 3.81. The van der Waals surface area contributed by atoms with Gasteiger partial charge >= 0.3 is 0 Å². The van der Waals surface area contributed by atoms with E-state index in [2.05, 4.69) is 28.8 Å². The molecule has 1 aromatic rings. The van der Waals surface area contributed by atoms with E-state index < -0.39 is 0 Å². The molecule has 2 rings (SSSR count). The standard InChI is InChI=1S/C13H21N5/c1-10-9-17(2)6-3-7-18(10)11-4-5-12(13(14)15)16-8-11/h4-5,8,10H,3,6-7,9H2,1-2H3,(H3,14,15). The lowest BCUT2D eigenvalue weighted by molar-refractivity contribution is 0.337. The molecule has 1 aliphatic rings. The second-order valence-electron chi connectivity index (χ2n) is 4.97. The number of aromatic nitrogens is 1. The summed E-state index contributed by atoms with van der Waals surface area (Å²) in [5, 5.41) is 7.35. The van der Waals surface area contributed by atoms with Crippen molar-refractivity contribution in [3.05, 3.63) is 24.0 Å². The first-order chi connectivity index (χ1) is 8.58. The van der Waals surface area contributed by atoms with E-state index in [9.17, 15) is 0 Å². The van der Waals surface area contributed by atoms with Crippen LogP contribution in [0.3, 0.4) is 0 Å². The van der Waals surface area contributed by atoms with Crippen LogP contribution in [0.2, 0.25) is 0 Å². The minimum Gasteiger partial charge on any atom is -0.382 e. The molecule has 1 fully saturated rings. The molecule has 5 heteroatoms. The summed E-state index contributed by atoms with van der Waals surface area (Å²) < 4.78 is 0. The quantitative estimate of drug-likeness (QED) is 0.601. The molecule has 1 atom stereocenters. The predicted molar refractivity (Wildman–Crippen MR) is 74.2 cm³/mol. The van der Waals surface area contributed by atoms with Crippen molar-refractivity contribution in [2.45, 2.75) is 19.4 Å². The molecule has 1 aliphatic heterocycles. The third kappa shape index (κ3) is 2.79. The number of nitrogens with two attached hydrogens (primary N) is 1. The normalized spacial score (nSPS) is 21.7. The van der Waals surface area contributed by atoms with Gasteiger partial charge in [0.25, 0.3) is 0 Å². The number of hydrogen-bond acceptors (Lipinski definition) is 4. The maximum Gasteiger partial charge on any atom is 0.141 e. The van der Waals surface area contributed by atoms with Crippen LogP contribution in [0, 0.1) is 5.41 Å². The van der Waals surface area contributed by atoms with Crippen LogP contribution in [0.4, 0.5) is 5.69 Å². The molecule has 98 valence electrons. The summed E-state index contributed by atoms with van der Waals surface area (Å²) >= 11 is 0. The third-order valence-corrected chi connectivity index (χ3v) is 3.40. The van der Waals surface area contributed by atoms with Crippen LogP contribution in [0.25, 0.3) is 0 Å². The second-order valence-corrected chi connectivity index (χ2v) is 4.97. The molecule has 1 saturated heterocycles. The predicted octanol–water partition coefficient (Wildman–Crippen LogP) is 0.896. The Morgan fingerprint density at radius 2 is 2.22 bits per heavy atom. The Hall–Kier alpha value is -1.62. The molecule has 0 saturated carbocycles. The van der Waals surface area contributed by atoms with Gasteiger partial charge in [-0.05, 0) is 39.1 Å². The van der Waals surface area contributed by atoms with Crippen molar-refractivity contribution in [3.63, 3.8) is 0 Å². The highest BCUT2D eigenvalue weighted by Gasteiger charge is 2.20. The topological polar surface area (TPSA) is 69.2 Å². The zero-order chi connectivity index (χ0) is 13.1. The highest BCUT2D eigenvalue weighted by molar-refractivity contribution is 5.93. The van der Waals surface area contributed by atoms with E-state index in [0.29, 0.717) is 11.7 Å². The van der Waals surface area contributed by atoms with Crippen LogP contribution in [0.5, 0.6) is 0 Å². The minimum absolute atomic E-state index is 0.0187. The number of nitrogen functional groups attached to an aromatic ring is 1. The number of nitrogens with zero attached hydrogens (tertiary/aromatic N) is 3. The average Bonchev–Trinajstić information content (AvgIpc) is 2.50. The number of pyridine rings is 1. The van der Waals surface area contributed by atoms with E-state index in [1.54, 1.807) is 0 Å². The SMILES string of the molecule is CC1CN(C)CCCN1c1ccc(C(=N)N)nc1. The zero-order valence-corrected chi connectivity index (χ0v) is 11.1. The van der Waals surface area contributed by atoms with Crippen molar-refractivity contribution in [1.82, 2.24) is 9.88 Å². The molecular formula is C13H21N5. The van der Waals surface area contributed by atoms with Gasteiger partial charge in [0.15, 0.2) is 0 Å². The molecule has 2 heterocycles. The van der Waals surface area contributed by atoms with Crippen LogP contribution in [-0.2, 0) is 0 Å². The van der Waals surface area contributed by atoms with Crippen molar-refractivity contribution in [1.29, 1.82) is 5.41 Å². The monoisotopic (exact) mass is 247 g/mol. The Bertz CT molecular complexity index is 414. The van der Waals surface area contributed by atoms with Gasteiger partial charge in [-0.1, -0.05) is 0 Å². The molecule has 1 unspecified atom stereocenters. The number of anilines is 1. The fourth-order valence-corrected chi connectivity index (χ4v) is 2.47. The zero-order valence-electron chi connectivity index (χ0n) is 11.1.